The normalized spacial score (nSPS) is 7.56. The Bertz CT molecular complexity index is 1510. The molecule has 0 bridgehead atoms. The first-order valence-corrected chi connectivity index (χ1v) is 16.0. The summed E-state index contributed by atoms with van der Waals surface area (Å²) in [6.45, 7) is 41.4. The van der Waals surface area contributed by atoms with Crippen LogP contribution in [0.15, 0.2) is 192 Å². The van der Waals surface area contributed by atoms with Crippen LogP contribution in [0.3, 0.4) is 0 Å². The molecule has 0 heterocycles. The summed E-state index contributed by atoms with van der Waals surface area (Å²) in [5.41, 5.74) is 13.0. The summed E-state index contributed by atoms with van der Waals surface area (Å²) >= 11 is 0. The second-order valence-electron chi connectivity index (χ2n) is 9.97. The van der Waals surface area contributed by atoms with Gasteiger partial charge in [-0.2, -0.15) is 0 Å². The SMILES string of the molecule is C=C(C)C(=O)O.C=C(C)C(N)=O.C=C(CC(=O)O)C(=O)O.C=CC(=C)C.C=CC(=O)O.C=CC(N)=O.C=CC=C.C=CCc1ccccc1.C=Cc1ccccc1. The molecule has 0 fully saturated rings. The number of primary amides is 2. The van der Waals surface area contributed by atoms with E-state index in [-0.39, 0.29) is 11.1 Å². The highest BCUT2D eigenvalue weighted by atomic mass is 16.4. The first kappa shape index (κ1) is 64.4. The van der Waals surface area contributed by atoms with Gasteiger partial charge in [-0.15, -0.1) is 6.58 Å². The van der Waals surface area contributed by atoms with Gasteiger partial charge >= 0.3 is 23.9 Å². The molecule has 0 atom stereocenters. The number of aliphatic carboxylic acids is 4. The number of amides is 2. The molecule has 12 nitrogen and oxygen atoms in total. The quantitative estimate of drug-likeness (QED) is 0.0681. The molecule has 2 aromatic carbocycles. The monoisotopic (exact) mass is 788 g/mol. The van der Waals surface area contributed by atoms with E-state index in [2.05, 4.69) is 90.2 Å². The van der Waals surface area contributed by atoms with Crippen LogP contribution in [0.1, 0.15) is 38.3 Å². The van der Waals surface area contributed by atoms with Crippen molar-refractivity contribution in [2.45, 2.75) is 33.6 Å². The standard InChI is InChI=1S/C9H10.C8H8.C5H6O4.C5H8.C4H7NO.C4H6O2.C4H6.C3H5NO.C3H4O2/c1-2-6-9-7-4-3-5-8-9;1-2-8-6-4-3-5-7-8;1-3(5(8)9)2-4(6)7;1-4-5(2)3;2*1-3(2)4(5)6;1-3-4-2;2*1-2-3(4)5/h2-5,7-8H,1,6H2;2-7H,1H2;1-2H2,(H,6,7)(H,8,9);4H,1-2H2,3H3;1H2,2H3,(H2,5,6);1H2,2H3,(H,5,6);3-4H,1-2H2;2H,1H2,(H2,4,5);2H,1H2,(H,4,5). The molecule has 8 N–H and O–H groups in total. The lowest BCUT2D eigenvalue weighted by Crippen LogP contribution is -2.10. The van der Waals surface area contributed by atoms with Crippen LogP contribution in [0.4, 0.5) is 0 Å². The number of benzene rings is 2. The van der Waals surface area contributed by atoms with Crippen molar-refractivity contribution in [2.75, 3.05) is 0 Å². The zero-order valence-electron chi connectivity index (χ0n) is 33.4. The first-order valence-electron chi connectivity index (χ1n) is 16.0. The number of carboxylic acid groups (broad SMARTS) is 4. The fourth-order valence-corrected chi connectivity index (χ4v) is 1.63. The van der Waals surface area contributed by atoms with E-state index in [0.29, 0.717) is 5.57 Å². The van der Waals surface area contributed by atoms with Gasteiger partial charge in [0.2, 0.25) is 11.8 Å². The minimum atomic E-state index is -1.27. The summed E-state index contributed by atoms with van der Waals surface area (Å²) in [7, 11) is 0. The van der Waals surface area contributed by atoms with Crippen LogP contribution in [0.5, 0.6) is 0 Å². The number of hydrogen-bond acceptors (Lipinski definition) is 6. The molecule has 0 unspecified atom stereocenters. The average Bonchev–Trinajstić information content (AvgIpc) is 3.17. The molecule has 57 heavy (non-hydrogen) atoms. The van der Waals surface area contributed by atoms with Gasteiger partial charge < -0.3 is 31.9 Å². The molecule has 12 heteroatoms. The maximum absolute atomic E-state index is 9.87. The Balaban J connectivity index is -0.000000100. The average molecular weight is 789 g/mol. The number of carboxylic acids is 4. The van der Waals surface area contributed by atoms with Gasteiger partial charge in [-0.05, 0) is 44.4 Å². The highest BCUT2D eigenvalue weighted by Crippen LogP contribution is 1.99. The minimum absolute atomic E-state index is 0.176. The van der Waals surface area contributed by atoms with Gasteiger partial charge in [-0.25, -0.2) is 14.4 Å². The maximum atomic E-state index is 9.87. The molecule has 0 saturated heterocycles. The number of hydrogen-bond donors (Lipinski definition) is 6. The highest BCUT2D eigenvalue weighted by molar-refractivity contribution is 5.91. The van der Waals surface area contributed by atoms with E-state index in [9.17, 15) is 28.8 Å². The van der Waals surface area contributed by atoms with Crippen molar-refractivity contribution in [2.24, 2.45) is 11.5 Å². The van der Waals surface area contributed by atoms with Crippen molar-refractivity contribution in [1.29, 1.82) is 0 Å². The van der Waals surface area contributed by atoms with E-state index >= 15 is 0 Å². The van der Waals surface area contributed by atoms with Crippen molar-refractivity contribution in [3.05, 3.63) is 203 Å². The van der Waals surface area contributed by atoms with Crippen LogP contribution in [0.2, 0.25) is 0 Å². The molecular formula is C45H60N2O10. The van der Waals surface area contributed by atoms with E-state index in [1.807, 2.05) is 67.6 Å². The fourth-order valence-electron chi connectivity index (χ4n) is 1.63. The van der Waals surface area contributed by atoms with Crippen LogP contribution in [0.25, 0.3) is 6.08 Å². The Morgan fingerprint density at radius 3 is 1.07 bits per heavy atom. The lowest BCUT2D eigenvalue weighted by Gasteiger charge is -1.91. The number of carbonyl (C=O) groups excluding carboxylic acids is 2. The molecule has 0 aromatic heterocycles. The third-order valence-electron chi connectivity index (χ3n) is 4.60. The summed E-state index contributed by atoms with van der Waals surface area (Å²) in [5.74, 6) is -5.28. The Labute approximate surface area is 338 Å². The van der Waals surface area contributed by atoms with E-state index in [4.69, 9.17) is 26.2 Å². The van der Waals surface area contributed by atoms with Crippen LogP contribution in [-0.4, -0.2) is 56.1 Å². The molecule has 0 aliphatic carbocycles. The Morgan fingerprint density at radius 1 is 0.596 bits per heavy atom. The highest BCUT2D eigenvalue weighted by Gasteiger charge is 2.07. The van der Waals surface area contributed by atoms with Gasteiger partial charge in [0.25, 0.3) is 0 Å². The lowest BCUT2D eigenvalue weighted by molar-refractivity contribution is -0.139. The third-order valence-corrected chi connectivity index (χ3v) is 4.60. The van der Waals surface area contributed by atoms with Crippen LogP contribution in [-0.2, 0) is 35.2 Å². The first-order chi connectivity index (χ1) is 26.4. The van der Waals surface area contributed by atoms with Gasteiger partial charge in [0.05, 0.1) is 6.42 Å². The summed E-state index contributed by atoms with van der Waals surface area (Å²) in [6.07, 6.45) is 11.1. The maximum Gasteiger partial charge on any atom is 0.331 e. The third kappa shape index (κ3) is 78.6. The van der Waals surface area contributed by atoms with Gasteiger partial charge in [0, 0.05) is 22.8 Å². The van der Waals surface area contributed by atoms with Crippen molar-refractivity contribution in [3.8, 4) is 0 Å². The zero-order valence-corrected chi connectivity index (χ0v) is 33.4. The minimum Gasteiger partial charge on any atom is -0.481 e. The number of nitrogens with two attached hydrogens (primary N) is 2. The van der Waals surface area contributed by atoms with E-state index in [1.165, 1.54) is 18.1 Å². The predicted octanol–water partition coefficient (Wildman–Crippen LogP) is 8.56. The second-order valence-corrected chi connectivity index (χ2v) is 9.97. The molecule has 0 aliphatic heterocycles. The van der Waals surface area contributed by atoms with Crippen LogP contribution < -0.4 is 11.5 Å². The Morgan fingerprint density at radius 2 is 0.930 bits per heavy atom. The number of carbonyl (C=O) groups is 6. The smallest absolute Gasteiger partial charge is 0.331 e. The van der Waals surface area contributed by atoms with Crippen LogP contribution >= 0.6 is 0 Å². The van der Waals surface area contributed by atoms with Crippen molar-refractivity contribution >= 4 is 41.8 Å². The summed E-state index contributed by atoms with van der Waals surface area (Å²) in [5, 5.41) is 31.6. The number of rotatable bonds is 12. The second kappa shape index (κ2) is 48.4. The molecule has 0 spiro atoms. The summed E-state index contributed by atoms with van der Waals surface area (Å²) in [4.78, 5) is 57.8. The van der Waals surface area contributed by atoms with E-state index in [0.717, 1.165) is 24.1 Å². The van der Waals surface area contributed by atoms with E-state index < -0.39 is 42.1 Å². The van der Waals surface area contributed by atoms with Gasteiger partial charge in [-0.1, -0.05) is 162 Å². The van der Waals surface area contributed by atoms with Crippen molar-refractivity contribution in [1.82, 2.24) is 0 Å². The van der Waals surface area contributed by atoms with Gasteiger partial charge in [-0.3, -0.25) is 14.4 Å². The lowest BCUT2D eigenvalue weighted by atomic mass is 10.2. The zero-order chi connectivity index (χ0) is 46.4. The van der Waals surface area contributed by atoms with Gasteiger partial charge in [0.15, 0.2) is 0 Å². The molecule has 2 rings (SSSR count). The molecule has 2 amide bonds. The molecule has 310 valence electrons. The van der Waals surface area contributed by atoms with Crippen molar-refractivity contribution < 1.29 is 49.2 Å². The molecule has 0 aliphatic rings. The fraction of sp³-hybridized carbons (Fsp3) is 0.111. The van der Waals surface area contributed by atoms with Gasteiger partial charge in [0.1, 0.15) is 0 Å². The Kier molecular flexibility index (Phi) is 54.7. The number of allylic oxidation sites excluding steroid dienone is 5. The summed E-state index contributed by atoms with van der Waals surface area (Å²) in [6, 6.07) is 20.3. The molecule has 0 radical (unpaired) electrons. The van der Waals surface area contributed by atoms with Crippen LogP contribution in [0, 0.1) is 0 Å². The summed E-state index contributed by atoms with van der Waals surface area (Å²) < 4.78 is 0. The Hall–Kier alpha value is -7.60. The topological polar surface area (TPSA) is 235 Å². The van der Waals surface area contributed by atoms with E-state index in [1.54, 1.807) is 25.2 Å². The predicted molar refractivity (Wildman–Crippen MR) is 235 cm³/mol. The van der Waals surface area contributed by atoms with Crippen molar-refractivity contribution in [3.63, 3.8) is 0 Å². The molecule has 0 saturated carbocycles. The molecule has 2 aromatic rings. The molecular weight excluding hydrogens is 728 g/mol. The largest absolute Gasteiger partial charge is 0.481 e.